The molecule has 27 heavy (non-hydrogen) atoms. The third-order valence-electron chi connectivity index (χ3n) is 3.96. The molecule has 1 aliphatic heterocycles. The molecule has 1 amide bonds. The number of hydrogen-bond acceptors (Lipinski definition) is 7. The number of carbonyl (C=O) groups excluding carboxylic acids is 1. The Labute approximate surface area is 162 Å². The van der Waals surface area contributed by atoms with Crippen LogP contribution in [0.5, 0.6) is 5.88 Å². The number of rotatable bonds is 3. The number of amides is 1. The van der Waals surface area contributed by atoms with Crippen molar-refractivity contribution in [3.8, 4) is 5.88 Å². The maximum atomic E-state index is 12.3. The fraction of sp³-hybridized carbons (Fsp3) is 0.556. The third kappa shape index (κ3) is 4.95. The average molecular weight is 395 g/mol. The molecule has 2 atom stereocenters. The third-order valence-corrected chi connectivity index (χ3v) is 4.15. The van der Waals surface area contributed by atoms with Gasteiger partial charge in [-0.05, 0) is 27.7 Å². The maximum absolute atomic E-state index is 12.3. The smallest absolute Gasteiger partial charge is 0.410 e. The number of aromatic nitrogens is 3. The van der Waals surface area contributed by atoms with Gasteiger partial charge >= 0.3 is 6.09 Å². The second-order valence-electron chi connectivity index (χ2n) is 7.33. The summed E-state index contributed by atoms with van der Waals surface area (Å²) in [4.78, 5) is 26.7. The van der Waals surface area contributed by atoms with Gasteiger partial charge in [0.2, 0.25) is 5.88 Å². The zero-order valence-electron chi connectivity index (χ0n) is 15.8. The summed E-state index contributed by atoms with van der Waals surface area (Å²) in [7, 11) is 0. The summed E-state index contributed by atoms with van der Waals surface area (Å²) in [5.41, 5.74) is 0.572. The molecule has 0 aliphatic carbocycles. The molecule has 0 aromatic carbocycles. The highest BCUT2D eigenvalue weighted by Crippen LogP contribution is 2.25. The number of ether oxygens (including phenoxy) is 3. The Morgan fingerprint density at radius 1 is 1.37 bits per heavy atom. The number of fused-ring (bicyclic) bond motifs is 1. The van der Waals surface area contributed by atoms with Crippen molar-refractivity contribution in [2.75, 3.05) is 19.7 Å². The Bertz CT molecular complexity index is 827. The van der Waals surface area contributed by atoms with Gasteiger partial charge in [-0.2, -0.15) is 4.98 Å². The fourth-order valence-electron chi connectivity index (χ4n) is 2.70. The fourth-order valence-corrected chi connectivity index (χ4v) is 2.88. The zero-order chi connectivity index (χ0) is 19.6. The van der Waals surface area contributed by atoms with E-state index >= 15 is 0 Å². The first-order chi connectivity index (χ1) is 12.7. The monoisotopic (exact) mass is 394 g/mol. The Kier molecular flexibility index (Phi) is 5.67. The van der Waals surface area contributed by atoms with Gasteiger partial charge in [-0.15, -0.1) is 0 Å². The van der Waals surface area contributed by atoms with Crippen molar-refractivity contribution in [2.24, 2.45) is 0 Å². The van der Waals surface area contributed by atoms with Crippen molar-refractivity contribution in [1.29, 1.82) is 0 Å². The summed E-state index contributed by atoms with van der Waals surface area (Å²) in [6.07, 6.45) is 2.07. The summed E-state index contributed by atoms with van der Waals surface area (Å²) in [6.45, 7) is 8.61. The first-order valence-electron chi connectivity index (χ1n) is 8.76. The van der Waals surface area contributed by atoms with E-state index in [1.807, 2.05) is 27.7 Å². The van der Waals surface area contributed by atoms with E-state index in [0.717, 1.165) is 0 Å². The molecule has 1 aliphatic rings. The lowest BCUT2D eigenvalue weighted by Crippen LogP contribution is -2.51. The molecule has 146 valence electrons. The predicted molar refractivity (Wildman–Crippen MR) is 100.0 cm³/mol. The van der Waals surface area contributed by atoms with Gasteiger partial charge in [0.15, 0.2) is 5.52 Å². The van der Waals surface area contributed by atoms with Gasteiger partial charge in [0, 0.05) is 25.0 Å². The molecule has 1 saturated heterocycles. The lowest BCUT2D eigenvalue weighted by atomic mass is 10.2. The summed E-state index contributed by atoms with van der Waals surface area (Å²) < 4.78 is 17.2. The number of halogens is 1. The van der Waals surface area contributed by atoms with Crippen molar-refractivity contribution < 1.29 is 19.0 Å². The molecule has 0 bridgehead atoms. The minimum absolute atomic E-state index is 0.269. The van der Waals surface area contributed by atoms with Crippen molar-refractivity contribution in [3.05, 3.63) is 23.6 Å². The van der Waals surface area contributed by atoms with Gasteiger partial charge in [-0.3, -0.25) is 4.98 Å². The number of nitrogens with zero attached hydrogens (tertiary/aromatic N) is 4. The van der Waals surface area contributed by atoms with Gasteiger partial charge in [-0.25, -0.2) is 9.78 Å². The molecule has 8 nitrogen and oxygen atoms in total. The quantitative estimate of drug-likeness (QED) is 0.739. The minimum atomic E-state index is -0.546. The molecule has 9 heteroatoms. The number of pyridine rings is 1. The van der Waals surface area contributed by atoms with Crippen LogP contribution in [-0.2, 0) is 9.47 Å². The molecule has 1 fully saturated rings. The van der Waals surface area contributed by atoms with Crippen LogP contribution >= 0.6 is 11.6 Å². The molecule has 0 spiro atoms. The first kappa shape index (κ1) is 19.6. The van der Waals surface area contributed by atoms with Crippen LogP contribution in [0.25, 0.3) is 11.0 Å². The Balaban J connectivity index is 1.71. The first-order valence-corrected chi connectivity index (χ1v) is 9.14. The molecule has 0 radical (unpaired) electrons. The van der Waals surface area contributed by atoms with Crippen LogP contribution in [0, 0.1) is 0 Å². The second kappa shape index (κ2) is 7.82. The molecule has 0 N–H and O–H groups in total. The largest absolute Gasteiger partial charge is 0.470 e. The molecule has 2 aromatic heterocycles. The molecule has 0 unspecified atom stereocenters. The van der Waals surface area contributed by atoms with Crippen LogP contribution < -0.4 is 4.74 Å². The van der Waals surface area contributed by atoms with E-state index in [0.29, 0.717) is 30.7 Å². The number of carbonyl (C=O) groups is 1. The number of morpholine rings is 1. The highest BCUT2D eigenvalue weighted by atomic mass is 35.5. The normalized spacial score (nSPS) is 19.0. The SMILES string of the molecule is C[C@@H](Oc1nc(Cl)cc2nccnc12)[C@@H]1CN(C(=O)OC(C)(C)C)CCO1. The van der Waals surface area contributed by atoms with E-state index in [1.165, 1.54) is 0 Å². The van der Waals surface area contributed by atoms with E-state index in [9.17, 15) is 4.79 Å². The van der Waals surface area contributed by atoms with Gasteiger partial charge < -0.3 is 19.1 Å². The maximum Gasteiger partial charge on any atom is 0.410 e. The summed E-state index contributed by atoms with van der Waals surface area (Å²) in [5, 5.41) is 0.269. The van der Waals surface area contributed by atoms with Crippen molar-refractivity contribution in [2.45, 2.75) is 45.5 Å². The molecular weight excluding hydrogens is 372 g/mol. The van der Waals surface area contributed by atoms with Gasteiger partial charge in [0.05, 0.1) is 18.7 Å². The lowest BCUT2D eigenvalue weighted by molar-refractivity contribution is -0.0782. The van der Waals surface area contributed by atoms with E-state index < -0.39 is 5.60 Å². The van der Waals surface area contributed by atoms with Gasteiger partial charge in [0.25, 0.3) is 0 Å². The summed E-state index contributed by atoms with van der Waals surface area (Å²) >= 11 is 6.06. The van der Waals surface area contributed by atoms with Gasteiger partial charge in [-0.1, -0.05) is 11.6 Å². The molecular formula is C18H23ClN4O4. The van der Waals surface area contributed by atoms with Crippen LogP contribution in [-0.4, -0.2) is 63.5 Å². The Morgan fingerprint density at radius 3 is 2.85 bits per heavy atom. The van der Waals surface area contributed by atoms with E-state index in [-0.39, 0.29) is 29.3 Å². The van der Waals surface area contributed by atoms with Crippen LogP contribution in [0.4, 0.5) is 4.79 Å². The van der Waals surface area contributed by atoms with Crippen molar-refractivity contribution >= 4 is 28.7 Å². The predicted octanol–water partition coefficient (Wildman–Crippen LogP) is 3.08. The van der Waals surface area contributed by atoms with Crippen molar-refractivity contribution in [1.82, 2.24) is 19.9 Å². The van der Waals surface area contributed by atoms with Crippen LogP contribution in [0.15, 0.2) is 18.5 Å². The lowest BCUT2D eigenvalue weighted by Gasteiger charge is -2.36. The van der Waals surface area contributed by atoms with Crippen LogP contribution in [0.2, 0.25) is 5.15 Å². The second-order valence-corrected chi connectivity index (χ2v) is 7.72. The minimum Gasteiger partial charge on any atom is -0.470 e. The highest BCUT2D eigenvalue weighted by Gasteiger charge is 2.32. The molecule has 2 aromatic rings. The number of hydrogen-bond donors (Lipinski definition) is 0. The standard InChI is InChI=1S/C18H23ClN4O4/c1-11(13-10-23(7-8-25-13)17(24)27-18(2,3)4)26-16-15-12(9-14(19)22-16)20-5-6-21-15/h5-6,9,11,13H,7-8,10H2,1-4H3/t11-,13+/m1/s1. The highest BCUT2D eigenvalue weighted by molar-refractivity contribution is 6.30. The van der Waals surface area contributed by atoms with E-state index in [1.54, 1.807) is 23.4 Å². The van der Waals surface area contributed by atoms with Crippen LogP contribution in [0.1, 0.15) is 27.7 Å². The zero-order valence-corrected chi connectivity index (χ0v) is 16.6. The Hall–Kier alpha value is -2.19. The van der Waals surface area contributed by atoms with Gasteiger partial charge in [0.1, 0.15) is 23.0 Å². The van der Waals surface area contributed by atoms with Crippen molar-refractivity contribution in [3.63, 3.8) is 0 Å². The topological polar surface area (TPSA) is 86.7 Å². The van der Waals surface area contributed by atoms with Crippen LogP contribution in [0.3, 0.4) is 0 Å². The summed E-state index contributed by atoms with van der Waals surface area (Å²) in [5.74, 6) is 0.288. The molecule has 3 rings (SSSR count). The molecule has 0 saturated carbocycles. The van der Waals surface area contributed by atoms with E-state index in [4.69, 9.17) is 25.8 Å². The molecule has 3 heterocycles. The Morgan fingerprint density at radius 2 is 2.11 bits per heavy atom. The average Bonchev–Trinajstić information content (AvgIpc) is 2.60. The van der Waals surface area contributed by atoms with E-state index in [2.05, 4.69) is 15.0 Å². The summed E-state index contributed by atoms with van der Waals surface area (Å²) in [6, 6.07) is 1.63.